The molecule has 0 aliphatic heterocycles. The average Bonchev–Trinajstić information content (AvgIpc) is 3.20. The second-order valence-electron chi connectivity index (χ2n) is 7.94. The summed E-state index contributed by atoms with van der Waals surface area (Å²) in [6.45, 7) is 1.92. The van der Waals surface area contributed by atoms with Crippen molar-refractivity contribution in [1.82, 2.24) is 24.0 Å². The highest BCUT2D eigenvalue weighted by molar-refractivity contribution is 7.99. The van der Waals surface area contributed by atoms with E-state index >= 15 is 0 Å². The van der Waals surface area contributed by atoms with Gasteiger partial charge in [-0.3, -0.25) is 18.7 Å². The van der Waals surface area contributed by atoms with Gasteiger partial charge in [0.25, 0.3) is 5.56 Å². The summed E-state index contributed by atoms with van der Waals surface area (Å²) in [5.41, 5.74) is 0.654. The Balaban J connectivity index is 1.67. The van der Waals surface area contributed by atoms with Crippen molar-refractivity contribution in [2.75, 3.05) is 5.75 Å². The molecule has 2 aromatic carbocycles. The number of nitrogens with one attached hydrogen (secondary N) is 1. The van der Waals surface area contributed by atoms with Crippen molar-refractivity contribution in [3.8, 4) is 0 Å². The minimum atomic E-state index is -0.532. The molecule has 2 heterocycles. The van der Waals surface area contributed by atoms with Crippen LogP contribution in [0.5, 0.6) is 0 Å². The summed E-state index contributed by atoms with van der Waals surface area (Å²) in [5, 5.41) is 3.29. The van der Waals surface area contributed by atoms with Gasteiger partial charge in [-0.05, 0) is 18.6 Å². The van der Waals surface area contributed by atoms with E-state index in [9.17, 15) is 18.8 Å². The third-order valence-corrected chi connectivity index (χ3v) is 6.59. The van der Waals surface area contributed by atoms with Crippen molar-refractivity contribution in [3.63, 3.8) is 0 Å². The molecule has 1 atom stereocenters. The van der Waals surface area contributed by atoms with Gasteiger partial charge >= 0.3 is 5.69 Å². The van der Waals surface area contributed by atoms with Gasteiger partial charge in [-0.15, -0.1) is 0 Å². The van der Waals surface area contributed by atoms with Crippen LogP contribution in [0.15, 0.2) is 69.3 Å². The first-order valence-corrected chi connectivity index (χ1v) is 11.6. The zero-order chi connectivity index (χ0) is 24.4. The number of imidazole rings is 1. The number of hydrogen-bond acceptors (Lipinski definition) is 5. The van der Waals surface area contributed by atoms with Gasteiger partial charge in [0.1, 0.15) is 5.82 Å². The molecule has 1 N–H and O–H groups in total. The normalized spacial score (nSPS) is 12.1. The zero-order valence-corrected chi connectivity index (χ0v) is 19.8. The van der Waals surface area contributed by atoms with Crippen molar-refractivity contribution >= 4 is 28.8 Å². The molecule has 0 bridgehead atoms. The summed E-state index contributed by atoms with van der Waals surface area (Å²) < 4.78 is 18.2. The Morgan fingerprint density at radius 3 is 2.44 bits per heavy atom. The fourth-order valence-corrected chi connectivity index (χ4v) is 4.52. The lowest BCUT2D eigenvalue weighted by atomic mass is 10.1. The van der Waals surface area contributed by atoms with E-state index in [1.165, 1.54) is 24.7 Å². The van der Waals surface area contributed by atoms with Gasteiger partial charge in [-0.2, -0.15) is 0 Å². The highest BCUT2D eigenvalue weighted by Gasteiger charge is 2.21. The van der Waals surface area contributed by atoms with E-state index in [1.807, 2.05) is 37.3 Å². The van der Waals surface area contributed by atoms with Crippen molar-refractivity contribution in [1.29, 1.82) is 0 Å². The van der Waals surface area contributed by atoms with E-state index in [2.05, 4.69) is 10.3 Å². The fraction of sp³-hybridized carbons (Fsp3) is 0.250. The monoisotopic (exact) mass is 481 g/mol. The number of carbonyl (C=O) groups is 1. The summed E-state index contributed by atoms with van der Waals surface area (Å²) in [7, 11) is 2.91. The second-order valence-corrected chi connectivity index (χ2v) is 8.88. The highest BCUT2D eigenvalue weighted by Crippen LogP contribution is 2.24. The first-order chi connectivity index (χ1) is 16.3. The molecule has 10 heteroatoms. The van der Waals surface area contributed by atoms with E-state index < -0.39 is 17.1 Å². The van der Waals surface area contributed by atoms with Crippen LogP contribution in [0, 0.1) is 5.82 Å². The predicted molar refractivity (Wildman–Crippen MR) is 129 cm³/mol. The first kappa shape index (κ1) is 23.5. The number of thioether (sulfide) groups is 1. The Morgan fingerprint density at radius 2 is 1.74 bits per heavy atom. The number of fused-ring (bicyclic) bond motifs is 1. The third kappa shape index (κ3) is 4.54. The number of carbonyl (C=O) groups excluding carboxylic acids is 1. The number of hydrogen-bond donors (Lipinski definition) is 1. The van der Waals surface area contributed by atoms with Crippen LogP contribution in [0.3, 0.4) is 0 Å². The maximum Gasteiger partial charge on any atom is 0.332 e. The van der Waals surface area contributed by atoms with Gasteiger partial charge in [-0.25, -0.2) is 14.2 Å². The van der Waals surface area contributed by atoms with Crippen LogP contribution in [0.25, 0.3) is 11.2 Å². The number of aromatic nitrogens is 4. The van der Waals surface area contributed by atoms with E-state index in [4.69, 9.17) is 0 Å². The molecule has 0 spiro atoms. The molecule has 2 aromatic heterocycles. The topological polar surface area (TPSA) is 90.9 Å². The standard InChI is InChI=1S/C24H24FN5O3S/c1-15(16-9-5-4-6-10-16)26-19(31)14-34-23-27-21-20(22(32)29(3)24(33)28(21)2)30(23)13-17-11-7-8-12-18(17)25/h4-12,15H,13-14H2,1-3H3,(H,26,31)/t15-/m0/s1. The Labute approximate surface area is 199 Å². The molecule has 8 nitrogen and oxygen atoms in total. The van der Waals surface area contributed by atoms with Crippen molar-refractivity contribution in [2.24, 2.45) is 14.1 Å². The molecular weight excluding hydrogens is 457 g/mol. The van der Waals surface area contributed by atoms with Gasteiger partial charge in [0.05, 0.1) is 18.3 Å². The molecule has 0 aliphatic carbocycles. The van der Waals surface area contributed by atoms with Crippen LogP contribution in [-0.2, 0) is 25.4 Å². The van der Waals surface area contributed by atoms with Gasteiger partial charge in [0.15, 0.2) is 16.3 Å². The molecule has 0 fully saturated rings. The van der Waals surface area contributed by atoms with E-state index in [1.54, 1.807) is 22.8 Å². The van der Waals surface area contributed by atoms with E-state index in [0.717, 1.165) is 21.9 Å². The molecule has 4 aromatic rings. The van der Waals surface area contributed by atoms with Crippen LogP contribution in [0.2, 0.25) is 0 Å². The zero-order valence-electron chi connectivity index (χ0n) is 19.0. The van der Waals surface area contributed by atoms with Crippen molar-refractivity contribution in [3.05, 3.63) is 92.4 Å². The van der Waals surface area contributed by atoms with Crippen LogP contribution in [0.4, 0.5) is 4.39 Å². The van der Waals surface area contributed by atoms with Gasteiger partial charge in [0, 0.05) is 19.7 Å². The Hall–Kier alpha value is -3.66. The van der Waals surface area contributed by atoms with E-state index in [-0.39, 0.29) is 35.4 Å². The third-order valence-electron chi connectivity index (χ3n) is 5.61. The Morgan fingerprint density at radius 1 is 1.06 bits per heavy atom. The van der Waals surface area contributed by atoms with Crippen LogP contribution in [-0.4, -0.2) is 30.3 Å². The number of benzene rings is 2. The number of aryl methyl sites for hydroxylation is 1. The lowest BCUT2D eigenvalue weighted by molar-refractivity contribution is -0.119. The summed E-state index contributed by atoms with van der Waals surface area (Å²) in [6, 6.07) is 15.7. The maximum absolute atomic E-state index is 14.4. The summed E-state index contributed by atoms with van der Waals surface area (Å²) in [6.07, 6.45) is 0. The van der Waals surface area contributed by atoms with Gasteiger partial charge in [-0.1, -0.05) is 60.3 Å². The molecule has 0 radical (unpaired) electrons. The molecule has 4 rings (SSSR count). The summed E-state index contributed by atoms with van der Waals surface area (Å²) in [4.78, 5) is 42.5. The number of rotatable bonds is 7. The van der Waals surface area contributed by atoms with Crippen molar-refractivity contribution < 1.29 is 9.18 Å². The van der Waals surface area contributed by atoms with Gasteiger partial charge < -0.3 is 9.88 Å². The molecule has 0 saturated heterocycles. The largest absolute Gasteiger partial charge is 0.349 e. The second kappa shape index (κ2) is 9.68. The quantitative estimate of drug-likeness (QED) is 0.410. The SMILES string of the molecule is C[C@H](NC(=O)CSc1nc2c(c(=O)n(C)c(=O)n2C)n1Cc1ccccc1F)c1ccccc1. The molecular formula is C24H24FN5O3S. The number of halogens is 1. The van der Waals surface area contributed by atoms with Crippen molar-refractivity contribution in [2.45, 2.75) is 24.7 Å². The minimum absolute atomic E-state index is 0.0288. The lowest BCUT2D eigenvalue weighted by Gasteiger charge is -2.14. The predicted octanol–water partition coefficient (Wildman–Crippen LogP) is 2.59. The maximum atomic E-state index is 14.4. The summed E-state index contributed by atoms with van der Waals surface area (Å²) >= 11 is 1.13. The number of nitrogens with zero attached hydrogens (tertiary/aromatic N) is 4. The molecule has 1 amide bonds. The van der Waals surface area contributed by atoms with Crippen LogP contribution in [0.1, 0.15) is 24.1 Å². The van der Waals surface area contributed by atoms with Gasteiger partial charge in [0.2, 0.25) is 5.91 Å². The van der Waals surface area contributed by atoms with Crippen LogP contribution < -0.4 is 16.6 Å². The fourth-order valence-electron chi connectivity index (χ4n) is 3.72. The molecule has 0 aliphatic rings. The molecule has 176 valence electrons. The summed E-state index contributed by atoms with van der Waals surface area (Å²) in [5.74, 6) is -0.601. The minimum Gasteiger partial charge on any atom is -0.349 e. The van der Waals surface area contributed by atoms with Crippen LogP contribution >= 0.6 is 11.8 Å². The Kier molecular flexibility index (Phi) is 6.69. The molecule has 0 unspecified atom stereocenters. The lowest BCUT2D eigenvalue weighted by Crippen LogP contribution is -2.37. The first-order valence-electron chi connectivity index (χ1n) is 10.6. The highest BCUT2D eigenvalue weighted by atomic mass is 32.2. The smallest absolute Gasteiger partial charge is 0.332 e. The molecule has 0 saturated carbocycles. The average molecular weight is 482 g/mol. The Bertz CT molecular complexity index is 1480. The van der Waals surface area contributed by atoms with E-state index in [0.29, 0.717) is 10.7 Å². The number of amides is 1. The molecule has 34 heavy (non-hydrogen) atoms.